The van der Waals surface area contributed by atoms with Crippen LogP contribution in [-0.4, -0.2) is 27.1 Å². The van der Waals surface area contributed by atoms with E-state index in [1.807, 2.05) is 39.0 Å². The quantitative estimate of drug-likeness (QED) is 0.887. The molecule has 0 bridgehead atoms. The van der Waals surface area contributed by atoms with Crippen molar-refractivity contribution in [3.05, 3.63) is 52.0 Å². The lowest BCUT2D eigenvalue weighted by Crippen LogP contribution is -2.38. The van der Waals surface area contributed by atoms with Gasteiger partial charge in [-0.15, -0.1) is 11.3 Å². The van der Waals surface area contributed by atoms with Crippen molar-refractivity contribution in [1.29, 1.82) is 0 Å². The summed E-state index contributed by atoms with van der Waals surface area (Å²) in [6.45, 7) is 7.92. The summed E-state index contributed by atoms with van der Waals surface area (Å²) in [7, 11) is 0. The molecule has 1 heterocycles. The molecule has 0 spiro atoms. The van der Waals surface area contributed by atoms with Gasteiger partial charge in [-0.2, -0.15) is 0 Å². The number of aryl methyl sites for hydroxylation is 1. The third-order valence-electron chi connectivity index (χ3n) is 2.91. The lowest BCUT2D eigenvalue weighted by molar-refractivity contribution is 0.0303. The van der Waals surface area contributed by atoms with Gasteiger partial charge >= 0.3 is 0 Å². The zero-order valence-electron chi connectivity index (χ0n) is 12.3. The molecule has 20 heavy (non-hydrogen) atoms. The molecule has 0 amide bonds. The summed E-state index contributed by atoms with van der Waals surface area (Å²) >= 11 is 1.67. The SMILES string of the molecule is Cc1nc(CN(Cc2ccccc2)CC(C)(C)O)cs1. The Hall–Kier alpha value is -1.23. The van der Waals surface area contributed by atoms with Gasteiger partial charge in [0.1, 0.15) is 0 Å². The molecule has 0 saturated carbocycles. The Balaban J connectivity index is 2.08. The lowest BCUT2D eigenvalue weighted by atomic mass is 10.1. The monoisotopic (exact) mass is 290 g/mol. The van der Waals surface area contributed by atoms with Crippen LogP contribution in [0.25, 0.3) is 0 Å². The summed E-state index contributed by atoms with van der Waals surface area (Å²) < 4.78 is 0. The molecule has 4 heteroatoms. The van der Waals surface area contributed by atoms with Crippen molar-refractivity contribution in [2.75, 3.05) is 6.54 Å². The fourth-order valence-electron chi connectivity index (χ4n) is 2.27. The van der Waals surface area contributed by atoms with Gasteiger partial charge in [0, 0.05) is 25.0 Å². The van der Waals surface area contributed by atoms with Gasteiger partial charge in [0.15, 0.2) is 0 Å². The van der Waals surface area contributed by atoms with E-state index in [0.717, 1.165) is 23.8 Å². The second-order valence-corrected chi connectivity index (χ2v) is 6.86. The van der Waals surface area contributed by atoms with Gasteiger partial charge in [-0.1, -0.05) is 30.3 Å². The van der Waals surface area contributed by atoms with Gasteiger partial charge in [0.2, 0.25) is 0 Å². The summed E-state index contributed by atoms with van der Waals surface area (Å²) in [5.74, 6) is 0. The first-order valence-corrected chi connectivity index (χ1v) is 7.70. The van der Waals surface area contributed by atoms with Crippen LogP contribution in [0.1, 0.15) is 30.1 Å². The first kappa shape index (κ1) is 15.2. The highest BCUT2D eigenvalue weighted by atomic mass is 32.1. The predicted octanol–water partition coefficient (Wildman–Crippen LogP) is 3.22. The molecule has 0 aliphatic rings. The third kappa shape index (κ3) is 5.04. The maximum Gasteiger partial charge on any atom is 0.0897 e. The minimum Gasteiger partial charge on any atom is -0.389 e. The van der Waals surface area contributed by atoms with Gasteiger partial charge in [0.25, 0.3) is 0 Å². The van der Waals surface area contributed by atoms with Crippen LogP contribution < -0.4 is 0 Å². The van der Waals surface area contributed by atoms with E-state index < -0.39 is 5.60 Å². The average Bonchev–Trinajstić information content (AvgIpc) is 2.74. The van der Waals surface area contributed by atoms with Gasteiger partial charge in [-0.05, 0) is 26.3 Å². The number of aliphatic hydroxyl groups is 1. The highest BCUT2D eigenvalue weighted by Gasteiger charge is 2.19. The lowest BCUT2D eigenvalue weighted by Gasteiger charge is -2.28. The molecule has 0 atom stereocenters. The number of hydrogen-bond donors (Lipinski definition) is 1. The average molecular weight is 290 g/mol. The van der Waals surface area contributed by atoms with Crippen molar-refractivity contribution < 1.29 is 5.11 Å². The molecule has 108 valence electrons. The fourth-order valence-corrected chi connectivity index (χ4v) is 2.87. The standard InChI is InChI=1S/C16H22N2OS/c1-13-17-15(11-20-13)10-18(12-16(2,3)19)9-14-7-5-4-6-8-14/h4-8,11,19H,9-10,12H2,1-3H3. The Morgan fingerprint density at radius 1 is 1.20 bits per heavy atom. The highest BCUT2D eigenvalue weighted by molar-refractivity contribution is 7.09. The molecule has 0 fully saturated rings. The largest absolute Gasteiger partial charge is 0.389 e. The van der Waals surface area contributed by atoms with Crippen molar-refractivity contribution in [3.63, 3.8) is 0 Å². The zero-order chi connectivity index (χ0) is 14.6. The number of hydrogen-bond acceptors (Lipinski definition) is 4. The van der Waals surface area contributed by atoms with Crippen LogP contribution in [-0.2, 0) is 13.1 Å². The van der Waals surface area contributed by atoms with Crippen LogP contribution in [0.2, 0.25) is 0 Å². The normalized spacial score (nSPS) is 12.1. The second-order valence-electron chi connectivity index (χ2n) is 5.80. The van der Waals surface area contributed by atoms with Crippen molar-refractivity contribution in [2.24, 2.45) is 0 Å². The summed E-state index contributed by atoms with van der Waals surface area (Å²) in [6, 6.07) is 10.3. The van der Waals surface area contributed by atoms with E-state index in [1.165, 1.54) is 5.56 Å². The van der Waals surface area contributed by atoms with Crippen LogP contribution in [0.3, 0.4) is 0 Å². The Morgan fingerprint density at radius 2 is 1.90 bits per heavy atom. The Kier molecular flexibility index (Phi) is 4.91. The summed E-state index contributed by atoms with van der Waals surface area (Å²) in [5.41, 5.74) is 1.62. The number of rotatable bonds is 6. The molecule has 0 unspecified atom stereocenters. The van der Waals surface area contributed by atoms with Crippen LogP contribution in [0.4, 0.5) is 0 Å². The van der Waals surface area contributed by atoms with E-state index in [-0.39, 0.29) is 0 Å². The molecule has 0 radical (unpaired) electrons. The van der Waals surface area contributed by atoms with Crippen LogP contribution in [0.5, 0.6) is 0 Å². The number of benzene rings is 1. The van der Waals surface area contributed by atoms with E-state index in [4.69, 9.17) is 0 Å². The second kappa shape index (κ2) is 6.48. The summed E-state index contributed by atoms with van der Waals surface area (Å²) in [5, 5.41) is 13.3. The van der Waals surface area contributed by atoms with E-state index in [0.29, 0.717) is 6.54 Å². The van der Waals surface area contributed by atoms with Gasteiger partial charge in [-0.3, -0.25) is 4.90 Å². The zero-order valence-corrected chi connectivity index (χ0v) is 13.2. The molecule has 1 N–H and O–H groups in total. The molecule has 3 nitrogen and oxygen atoms in total. The Labute approximate surface area is 124 Å². The molecule has 2 rings (SSSR count). The van der Waals surface area contributed by atoms with Crippen molar-refractivity contribution in [3.8, 4) is 0 Å². The molecule has 0 aliphatic carbocycles. The maximum atomic E-state index is 10.1. The number of aromatic nitrogens is 1. The fraction of sp³-hybridized carbons (Fsp3) is 0.438. The maximum absolute atomic E-state index is 10.1. The smallest absolute Gasteiger partial charge is 0.0897 e. The molecular weight excluding hydrogens is 268 g/mol. The number of thiazole rings is 1. The molecule has 1 aromatic heterocycles. The minimum absolute atomic E-state index is 0.623. The van der Waals surface area contributed by atoms with Crippen LogP contribution >= 0.6 is 11.3 Å². The molecule has 0 aliphatic heterocycles. The van der Waals surface area contributed by atoms with Crippen molar-refractivity contribution in [1.82, 2.24) is 9.88 Å². The summed E-state index contributed by atoms with van der Waals surface area (Å²) in [6.07, 6.45) is 0. The molecular formula is C16H22N2OS. The van der Waals surface area contributed by atoms with Crippen molar-refractivity contribution >= 4 is 11.3 Å². The Bertz CT molecular complexity index is 531. The van der Waals surface area contributed by atoms with Gasteiger partial charge in [-0.25, -0.2) is 4.98 Å². The van der Waals surface area contributed by atoms with Crippen LogP contribution in [0, 0.1) is 6.92 Å². The Morgan fingerprint density at radius 3 is 2.45 bits per heavy atom. The van der Waals surface area contributed by atoms with E-state index in [2.05, 4.69) is 27.4 Å². The molecule has 2 aromatic rings. The van der Waals surface area contributed by atoms with Crippen LogP contribution in [0.15, 0.2) is 35.7 Å². The van der Waals surface area contributed by atoms with Crippen molar-refractivity contribution in [2.45, 2.75) is 39.5 Å². The summed E-state index contributed by atoms with van der Waals surface area (Å²) in [4.78, 5) is 6.76. The van der Waals surface area contributed by atoms with E-state index in [1.54, 1.807) is 11.3 Å². The van der Waals surface area contributed by atoms with E-state index in [9.17, 15) is 5.11 Å². The van der Waals surface area contributed by atoms with Gasteiger partial charge < -0.3 is 5.11 Å². The highest BCUT2D eigenvalue weighted by Crippen LogP contribution is 2.15. The topological polar surface area (TPSA) is 36.4 Å². The first-order valence-electron chi connectivity index (χ1n) is 6.82. The first-order chi connectivity index (χ1) is 9.42. The molecule has 0 saturated heterocycles. The van der Waals surface area contributed by atoms with E-state index >= 15 is 0 Å². The third-order valence-corrected chi connectivity index (χ3v) is 3.73. The minimum atomic E-state index is -0.708. The number of nitrogens with zero attached hydrogens (tertiary/aromatic N) is 2. The van der Waals surface area contributed by atoms with Gasteiger partial charge in [0.05, 0.1) is 16.3 Å². The predicted molar refractivity (Wildman–Crippen MR) is 83.7 cm³/mol. The molecule has 1 aromatic carbocycles.